The molecule has 11 heavy (non-hydrogen) atoms. The molecule has 2 rings (SSSR count). The molecule has 2 nitrogen and oxygen atoms in total. The molecule has 1 fully saturated rings. The SMILES string of the molecule is [CH]1CCCC1c1ccncn1. The maximum Gasteiger partial charge on any atom is 0.115 e. The van der Waals surface area contributed by atoms with Gasteiger partial charge in [0.15, 0.2) is 0 Å². The van der Waals surface area contributed by atoms with Crippen molar-refractivity contribution in [2.24, 2.45) is 0 Å². The lowest BCUT2D eigenvalue weighted by Gasteiger charge is -2.05. The second-order valence-corrected chi connectivity index (χ2v) is 2.91. The van der Waals surface area contributed by atoms with Gasteiger partial charge in [0, 0.05) is 17.8 Å². The van der Waals surface area contributed by atoms with Crippen molar-refractivity contribution in [2.45, 2.75) is 25.2 Å². The Kier molecular flexibility index (Phi) is 1.84. The zero-order valence-electron chi connectivity index (χ0n) is 6.40. The molecule has 0 amide bonds. The average Bonchev–Trinajstić information content (AvgIpc) is 2.58. The minimum Gasteiger partial charge on any atom is -0.245 e. The molecule has 0 N–H and O–H groups in total. The molecule has 1 atom stereocenters. The van der Waals surface area contributed by atoms with Crippen LogP contribution in [0.4, 0.5) is 0 Å². The molecule has 57 valence electrons. The Hall–Kier alpha value is -0.920. The highest BCUT2D eigenvalue weighted by atomic mass is 14.8. The Morgan fingerprint density at radius 3 is 3.09 bits per heavy atom. The highest BCUT2D eigenvalue weighted by molar-refractivity contribution is 5.12. The molecule has 0 spiro atoms. The summed E-state index contributed by atoms with van der Waals surface area (Å²) in [5, 5.41) is 0. The molecule has 0 saturated heterocycles. The maximum absolute atomic E-state index is 4.22. The first-order valence-electron chi connectivity index (χ1n) is 4.06. The van der Waals surface area contributed by atoms with E-state index in [4.69, 9.17) is 0 Å². The number of nitrogens with zero attached hydrogens (tertiary/aromatic N) is 2. The van der Waals surface area contributed by atoms with Gasteiger partial charge in [0.2, 0.25) is 0 Å². The van der Waals surface area contributed by atoms with Gasteiger partial charge in [-0.05, 0) is 25.3 Å². The summed E-state index contributed by atoms with van der Waals surface area (Å²) in [5.41, 5.74) is 1.18. The molecule has 1 aliphatic rings. The van der Waals surface area contributed by atoms with E-state index in [9.17, 15) is 0 Å². The van der Waals surface area contributed by atoms with Gasteiger partial charge < -0.3 is 0 Å². The summed E-state index contributed by atoms with van der Waals surface area (Å²) in [6, 6.07) is 2.01. The lowest BCUT2D eigenvalue weighted by Crippen LogP contribution is -1.95. The Labute approximate surface area is 66.7 Å². The predicted octanol–water partition coefficient (Wildman–Crippen LogP) is 1.95. The predicted molar refractivity (Wildman–Crippen MR) is 42.9 cm³/mol. The Balaban J connectivity index is 2.16. The smallest absolute Gasteiger partial charge is 0.115 e. The van der Waals surface area contributed by atoms with Crippen molar-refractivity contribution in [3.8, 4) is 0 Å². The van der Waals surface area contributed by atoms with Crippen molar-refractivity contribution in [3.63, 3.8) is 0 Å². The van der Waals surface area contributed by atoms with E-state index in [1.54, 1.807) is 6.33 Å². The largest absolute Gasteiger partial charge is 0.245 e. The van der Waals surface area contributed by atoms with Gasteiger partial charge in [-0.25, -0.2) is 9.97 Å². The second-order valence-electron chi connectivity index (χ2n) is 2.91. The van der Waals surface area contributed by atoms with Crippen molar-refractivity contribution in [1.29, 1.82) is 0 Å². The minimum absolute atomic E-state index is 0.595. The lowest BCUT2D eigenvalue weighted by molar-refractivity contribution is 0.760. The van der Waals surface area contributed by atoms with Crippen molar-refractivity contribution in [2.75, 3.05) is 0 Å². The van der Waals surface area contributed by atoms with Gasteiger partial charge in [0.05, 0.1) is 0 Å². The highest BCUT2D eigenvalue weighted by Crippen LogP contribution is 2.31. The summed E-state index contributed by atoms with van der Waals surface area (Å²) >= 11 is 0. The fourth-order valence-electron chi connectivity index (χ4n) is 1.56. The monoisotopic (exact) mass is 147 g/mol. The first kappa shape index (κ1) is 6.77. The van der Waals surface area contributed by atoms with Crippen molar-refractivity contribution >= 4 is 0 Å². The summed E-state index contributed by atoms with van der Waals surface area (Å²) in [5.74, 6) is 0.595. The van der Waals surface area contributed by atoms with Crippen LogP contribution in [0.3, 0.4) is 0 Å². The molecular weight excluding hydrogens is 136 g/mol. The molecule has 1 heterocycles. The summed E-state index contributed by atoms with van der Waals surface area (Å²) < 4.78 is 0. The van der Waals surface area contributed by atoms with Crippen LogP contribution in [0.2, 0.25) is 0 Å². The topological polar surface area (TPSA) is 25.8 Å². The van der Waals surface area contributed by atoms with E-state index in [1.807, 2.05) is 12.3 Å². The zero-order chi connectivity index (χ0) is 7.52. The molecule has 2 heteroatoms. The molecule has 1 unspecified atom stereocenters. The Morgan fingerprint density at radius 2 is 2.45 bits per heavy atom. The van der Waals surface area contributed by atoms with Gasteiger partial charge in [0.1, 0.15) is 6.33 Å². The summed E-state index contributed by atoms with van der Waals surface area (Å²) in [7, 11) is 0. The van der Waals surface area contributed by atoms with Crippen molar-refractivity contribution in [1.82, 2.24) is 9.97 Å². The third-order valence-corrected chi connectivity index (χ3v) is 2.16. The van der Waals surface area contributed by atoms with Crippen LogP contribution in [0.25, 0.3) is 0 Å². The van der Waals surface area contributed by atoms with Crippen LogP contribution in [0.15, 0.2) is 18.6 Å². The first-order valence-corrected chi connectivity index (χ1v) is 4.06. The third kappa shape index (κ3) is 1.39. The fourth-order valence-corrected chi connectivity index (χ4v) is 1.56. The van der Waals surface area contributed by atoms with Crippen LogP contribution in [-0.4, -0.2) is 9.97 Å². The molecular formula is C9H11N2. The first-order chi connectivity index (χ1) is 5.47. The number of hydrogen-bond donors (Lipinski definition) is 0. The van der Waals surface area contributed by atoms with Gasteiger partial charge in [-0.15, -0.1) is 0 Å². The molecule has 1 aromatic rings. The van der Waals surface area contributed by atoms with E-state index in [2.05, 4.69) is 16.4 Å². The zero-order valence-corrected chi connectivity index (χ0v) is 6.40. The molecule has 1 radical (unpaired) electrons. The normalized spacial score (nSPS) is 18.9. The van der Waals surface area contributed by atoms with E-state index in [0.29, 0.717) is 5.92 Å². The molecule has 0 aliphatic heterocycles. The van der Waals surface area contributed by atoms with Crippen molar-refractivity contribution < 1.29 is 0 Å². The van der Waals surface area contributed by atoms with Crippen molar-refractivity contribution in [3.05, 3.63) is 30.7 Å². The Bertz CT molecular complexity index is 214. The number of aromatic nitrogens is 2. The number of rotatable bonds is 1. The summed E-state index contributed by atoms with van der Waals surface area (Å²) in [4.78, 5) is 8.11. The number of hydrogen-bond acceptors (Lipinski definition) is 2. The molecule has 1 saturated carbocycles. The average molecular weight is 147 g/mol. The standard InChI is InChI=1S/C9H11N2/c1-2-4-8(3-1)9-5-6-10-7-11-9/h3,5-8H,1-2,4H2. The van der Waals surface area contributed by atoms with Crippen LogP contribution in [-0.2, 0) is 0 Å². The quantitative estimate of drug-likeness (QED) is 0.606. The van der Waals surface area contributed by atoms with Gasteiger partial charge in [-0.1, -0.05) is 6.42 Å². The van der Waals surface area contributed by atoms with Crippen LogP contribution in [0.1, 0.15) is 30.9 Å². The van der Waals surface area contributed by atoms with Gasteiger partial charge >= 0.3 is 0 Å². The maximum atomic E-state index is 4.22. The van der Waals surface area contributed by atoms with Crippen LogP contribution in [0, 0.1) is 6.42 Å². The second kappa shape index (κ2) is 2.99. The molecule has 1 aromatic heterocycles. The molecule has 0 aromatic carbocycles. The van der Waals surface area contributed by atoms with E-state index < -0.39 is 0 Å². The van der Waals surface area contributed by atoms with E-state index in [1.165, 1.54) is 25.0 Å². The van der Waals surface area contributed by atoms with Gasteiger partial charge in [0.25, 0.3) is 0 Å². The highest BCUT2D eigenvalue weighted by Gasteiger charge is 2.17. The molecule has 1 aliphatic carbocycles. The minimum atomic E-state index is 0.595. The fraction of sp³-hybridized carbons (Fsp3) is 0.444. The lowest BCUT2D eigenvalue weighted by atomic mass is 10.0. The van der Waals surface area contributed by atoms with E-state index in [0.717, 1.165) is 0 Å². The van der Waals surface area contributed by atoms with Crippen LogP contribution in [0.5, 0.6) is 0 Å². The molecule has 0 bridgehead atoms. The van der Waals surface area contributed by atoms with E-state index >= 15 is 0 Å². The summed E-state index contributed by atoms with van der Waals surface area (Å²) in [6.07, 6.45) is 9.61. The van der Waals surface area contributed by atoms with Crippen LogP contribution < -0.4 is 0 Å². The van der Waals surface area contributed by atoms with Crippen LogP contribution >= 0.6 is 0 Å². The Morgan fingerprint density at radius 1 is 1.45 bits per heavy atom. The van der Waals surface area contributed by atoms with Gasteiger partial charge in [-0.3, -0.25) is 0 Å². The third-order valence-electron chi connectivity index (χ3n) is 2.16. The van der Waals surface area contributed by atoms with Gasteiger partial charge in [-0.2, -0.15) is 0 Å². The van der Waals surface area contributed by atoms with E-state index in [-0.39, 0.29) is 0 Å². The summed E-state index contributed by atoms with van der Waals surface area (Å²) in [6.45, 7) is 0.